The topological polar surface area (TPSA) is 15.3 Å². The van der Waals surface area contributed by atoms with E-state index in [1.807, 2.05) is 0 Å². The average molecular weight is 172 g/mol. The average Bonchev–Trinajstić information content (AvgIpc) is 2.04. The van der Waals surface area contributed by atoms with Gasteiger partial charge in [-0.25, -0.2) is 0 Å². The Balaban J connectivity index is 3.32. The van der Waals surface area contributed by atoms with Gasteiger partial charge in [0.1, 0.15) is 0 Å². The van der Waals surface area contributed by atoms with Gasteiger partial charge in [-0.2, -0.15) is 0 Å². The first-order valence-corrected chi connectivity index (χ1v) is 5.09. The van der Waals surface area contributed by atoms with E-state index in [0.29, 0.717) is 0 Å². The number of rotatable bonds is 7. The fourth-order valence-electron chi connectivity index (χ4n) is 1.40. The molecule has 0 aliphatic rings. The largest absolute Gasteiger partial charge is 0.317 e. The molecule has 0 aliphatic carbocycles. The lowest BCUT2D eigenvalue weighted by atomic mass is 10.1. The Bertz CT molecular complexity index is 91.8. The lowest BCUT2D eigenvalue weighted by molar-refractivity contribution is 0.269. The van der Waals surface area contributed by atoms with E-state index in [9.17, 15) is 0 Å². The Hall–Kier alpha value is -0.0800. The molecule has 1 atom stereocenters. The molecule has 0 bridgehead atoms. The van der Waals surface area contributed by atoms with Crippen molar-refractivity contribution in [2.45, 2.75) is 39.2 Å². The first-order chi connectivity index (χ1) is 5.72. The van der Waals surface area contributed by atoms with Crippen molar-refractivity contribution in [3.8, 4) is 0 Å². The van der Waals surface area contributed by atoms with Gasteiger partial charge in [0.15, 0.2) is 0 Å². The molecule has 0 aromatic rings. The van der Waals surface area contributed by atoms with Crippen LogP contribution in [0.1, 0.15) is 33.1 Å². The highest BCUT2D eigenvalue weighted by Gasteiger charge is 2.06. The number of hydrogen-bond donors (Lipinski definition) is 1. The molecule has 0 radical (unpaired) electrons. The third kappa shape index (κ3) is 5.56. The van der Waals surface area contributed by atoms with Gasteiger partial charge in [0, 0.05) is 6.04 Å². The molecule has 0 spiro atoms. The maximum Gasteiger partial charge on any atom is 0.00986 e. The van der Waals surface area contributed by atoms with Gasteiger partial charge < -0.3 is 10.2 Å². The molecule has 1 unspecified atom stereocenters. The second-order valence-electron chi connectivity index (χ2n) is 3.56. The zero-order chi connectivity index (χ0) is 9.40. The standard InChI is InChI=1S/C10H24N2/c1-5-8-11-9-7-10(6-2)12(3)4/h10-11H,5-9H2,1-4H3. The Morgan fingerprint density at radius 1 is 1.17 bits per heavy atom. The zero-order valence-corrected chi connectivity index (χ0v) is 9.06. The predicted molar refractivity (Wildman–Crippen MR) is 55.5 cm³/mol. The number of nitrogens with zero attached hydrogens (tertiary/aromatic N) is 1. The lowest BCUT2D eigenvalue weighted by Crippen LogP contribution is -2.31. The summed E-state index contributed by atoms with van der Waals surface area (Å²) in [6.45, 7) is 6.77. The summed E-state index contributed by atoms with van der Waals surface area (Å²) in [7, 11) is 4.32. The molecule has 2 heteroatoms. The minimum absolute atomic E-state index is 0.745. The Labute approximate surface area is 77.3 Å². The SMILES string of the molecule is CCCNCCC(CC)N(C)C. The van der Waals surface area contributed by atoms with Crippen LogP contribution in [0.15, 0.2) is 0 Å². The van der Waals surface area contributed by atoms with Crippen LogP contribution in [-0.2, 0) is 0 Å². The van der Waals surface area contributed by atoms with Crippen LogP contribution in [-0.4, -0.2) is 38.1 Å². The summed E-state index contributed by atoms with van der Waals surface area (Å²) in [6, 6.07) is 0.745. The van der Waals surface area contributed by atoms with Gasteiger partial charge in [-0.05, 0) is 46.4 Å². The van der Waals surface area contributed by atoms with E-state index in [4.69, 9.17) is 0 Å². The van der Waals surface area contributed by atoms with Crippen LogP contribution < -0.4 is 5.32 Å². The molecule has 0 fully saturated rings. The number of nitrogens with one attached hydrogen (secondary N) is 1. The third-order valence-corrected chi connectivity index (χ3v) is 2.28. The second-order valence-corrected chi connectivity index (χ2v) is 3.56. The second kappa shape index (κ2) is 7.56. The Morgan fingerprint density at radius 2 is 1.83 bits per heavy atom. The third-order valence-electron chi connectivity index (χ3n) is 2.28. The number of hydrogen-bond acceptors (Lipinski definition) is 2. The summed E-state index contributed by atoms with van der Waals surface area (Å²) in [5, 5.41) is 3.43. The first-order valence-electron chi connectivity index (χ1n) is 5.09. The van der Waals surface area contributed by atoms with E-state index >= 15 is 0 Å². The van der Waals surface area contributed by atoms with E-state index in [2.05, 4.69) is 38.2 Å². The Kier molecular flexibility index (Phi) is 7.51. The van der Waals surface area contributed by atoms with Crippen molar-refractivity contribution in [2.24, 2.45) is 0 Å². The van der Waals surface area contributed by atoms with Gasteiger partial charge >= 0.3 is 0 Å². The summed E-state index contributed by atoms with van der Waals surface area (Å²) in [5.74, 6) is 0. The van der Waals surface area contributed by atoms with Gasteiger partial charge in [0.25, 0.3) is 0 Å². The molecule has 0 rings (SSSR count). The molecule has 0 amide bonds. The van der Waals surface area contributed by atoms with Crippen LogP contribution >= 0.6 is 0 Å². The van der Waals surface area contributed by atoms with Gasteiger partial charge in [-0.3, -0.25) is 0 Å². The predicted octanol–water partition coefficient (Wildman–Crippen LogP) is 1.72. The van der Waals surface area contributed by atoms with Crippen LogP contribution in [0, 0.1) is 0 Å². The fraction of sp³-hybridized carbons (Fsp3) is 1.00. The Morgan fingerprint density at radius 3 is 2.25 bits per heavy atom. The normalized spacial score (nSPS) is 13.8. The van der Waals surface area contributed by atoms with Crippen molar-refractivity contribution < 1.29 is 0 Å². The molecule has 0 aromatic carbocycles. The maximum atomic E-state index is 3.43. The minimum atomic E-state index is 0.745. The molecule has 0 saturated carbocycles. The van der Waals surface area contributed by atoms with Crippen LogP contribution in [0.4, 0.5) is 0 Å². The van der Waals surface area contributed by atoms with E-state index in [0.717, 1.165) is 19.1 Å². The van der Waals surface area contributed by atoms with Crippen molar-refractivity contribution in [3.05, 3.63) is 0 Å². The highest BCUT2D eigenvalue weighted by Crippen LogP contribution is 2.02. The molecule has 2 nitrogen and oxygen atoms in total. The summed E-state index contributed by atoms with van der Waals surface area (Å²) < 4.78 is 0. The summed E-state index contributed by atoms with van der Waals surface area (Å²) in [6.07, 6.45) is 3.75. The van der Waals surface area contributed by atoms with Crippen LogP contribution in [0.5, 0.6) is 0 Å². The monoisotopic (exact) mass is 172 g/mol. The summed E-state index contributed by atoms with van der Waals surface area (Å²) in [5.41, 5.74) is 0. The highest BCUT2D eigenvalue weighted by molar-refractivity contribution is 4.64. The van der Waals surface area contributed by atoms with Crippen LogP contribution in [0.2, 0.25) is 0 Å². The quantitative estimate of drug-likeness (QED) is 0.588. The minimum Gasteiger partial charge on any atom is -0.317 e. The van der Waals surface area contributed by atoms with Crippen molar-refractivity contribution in [3.63, 3.8) is 0 Å². The van der Waals surface area contributed by atoms with Crippen molar-refractivity contribution in [1.29, 1.82) is 0 Å². The van der Waals surface area contributed by atoms with E-state index in [-0.39, 0.29) is 0 Å². The van der Waals surface area contributed by atoms with Gasteiger partial charge in [0.05, 0.1) is 0 Å². The fourth-order valence-corrected chi connectivity index (χ4v) is 1.40. The zero-order valence-electron chi connectivity index (χ0n) is 9.06. The van der Waals surface area contributed by atoms with Gasteiger partial charge in [-0.15, -0.1) is 0 Å². The highest BCUT2D eigenvalue weighted by atomic mass is 15.1. The van der Waals surface area contributed by atoms with E-state index in [1.54, 1.807) is 0 Å². The maximum absolute atomic E-state index is 3.43. The lowest BCUT2D eigenvalue weighted by Gasteiger charge is -2.22. The van der Waals surface area contributed by atoms with Crippen molar-refractivity contribution in [1.82, 2.24) is 10.2 Å². The van der Waals surface area contributed by atoms with Gasteiger partial charge in [-0.1, -0.05) is 13.8 Å². The smallest absolute Gasteiger partial charge is 0.00986 e. The summed E-state index contributed by atoms with van der Waals surface area (Å²) >= 11 is 0. The van der Waals surface area contributed by atoms with Crippen LogP contribution in [0.3, 0.4) is 0 Å². The van der Waals surface area contributed by atoms with Gasteiger partial charge in [0.2, 0.25) is 0 Å². The van der Waals surface area contributed by atoms with Crippen molar-refractivity contribution in [2.75, 3.05) is 27.2 Å². The van der Waals surface area contributed by atoms with Crippen molar-refractivity contribution >= 4 is 0 Å². The van der Waals surface area contributed by atoms with Crippen LogP contribution in [0.25, 0.3) is 0 Å². The molecule has 0 aliphatic heterocycles. The first kappa shape index (κ1) is 11.9. The molecular weight excluding hydrogens is 148 g/mol. The van der Waals surface area contributed by atoms with E-state index in [1.165, 1.54) is 19.3 Å². The summed E-state index contributed by atoms with van der Waals surface area (Å²) in [4.78, 5) is 2.31. The van der Waals surface area contributed by atoms with E-state index < -0.39 is 0 Å². The molecule has 0 saturated heterocycles. The molecule has 74 valence electrons. The molecule has 0 aromatic heterocycles. The molecule has 12 heavy (non-hydrogen) atoms. The molecule has 1 N–H and O–H groups in total. The molecular formula is C10H24N2. The molecule has 0 heterocycles.